The Kier molecular flexibility index (Phi) is 3.82. The van der Waals surface area contributed by atoms with Gasteiger partial charge in [-0.1, -0.05) is 11.6 Å². The molecule has 0 N–H and O–H groups in total. The summed E-state index contributed by atoms with van der Waals surface area (Å²) in [6.07, 6.45) is 1.74. The van der Waals surface area contributed by atoms with Gasteiger partial charge in [0.25, 0.3) is 0 Å². The van der Waals surface area contributed by atoms with Crippen molar-refractivity contribution in [1.29, 1.82) is 0 Å². The number of rotatable bonds is 3. The van der Waals surface area contributed by atoms with Crippen molar-refractivity contribution in [3.05, 3.63) is 22.8 Å². The highest BCUT2D eigenvalue weighted by atomic mass is 35.5. The van der Waals surface area contributed by atoms with Gasteiger partial charge in [-0.15, -0.1) is 11.6 Å². The first-order valence-electron chi connectivity index (χ1n) is 4.00. The molecule has 1 aromatic heterocycles. The molecule has 4 heteroatoms. The first-order chi connectivity index (χ1) is 6.13. The van der Waals surface area contributed by atoms with Crippen molar-refractivity contribution in [2.45, 2.75) is 25.8 Å². The van der Waals surface area contributed by atoms with E-state index in [1.165, 1.54) is 0 Å². The fourth-order valence-electron chi connectivity index (χ4n) is 0.848. The van der Waals surface area contributed by atoms with Crippen LogP contribution >= 0.6 is 23.2 Å². The van der Waals surface area contributed by atoms with Crippen LogP contribution in [0.2, 0.25) is 5.02 Å². The summed E-state index contributed by atoms with van der Waals surface area (Å²) < 4.78 is 5.36. The van der Waals surface area contributed by atoms with Crippen LogP contribution in [0.5, 0.6) is 5.88 Å². The normalized spacial score (nSPS) is 10.5. The van der Waals surface area contributed by atoms with E-state index < -0.39 is 0 Å². The van der Waals surface area contributed by atoms with E-state index in [9.17, 15) is 0 Å². The standard InChI is InChI=1S/C9H11Cl2NO/c1-6(2)13-9-8(11)3-7(4-10)5-12-9/h3,5-6H,4H2,1-2H3. The molecule has 0 aromatic carbocycles. The zero-order valence-electron chi connectivity index (χ0n) is 7.55. The lowest BCUT2D eigenvalue weighted by atomic mass is 10.3. The van der Waals surface area contributed by atoms with Crippen LogP contribution in [0, 0.1) is 0 Å². The number of ether oxygens (including phenoxy) is 1. The quantitative estimate of drug-likeness (QED) is 0.729. The van der Waals surface area contributed by atoms with Crippen molar-refractivity contribution >= 4 is 23.2 Å². The molecule has 0 spiro atoms. The smallest absolute Gasteiger partial charge is 0.232 e. The number of alkyl halides is 1. The third-order valence-corrected chi connectivity index (χ3v) is 1.95. The molecule has 72 valence electrons. The van der Waals surface area contributed by atoms with Crippen LogP contribution < -0.4 is 4.74 Å². The minimum atomic E-state index is 0.0758. The zero-order chi connectivity index (χ0) is 9.84. The Hall–Kier alpha value is -0.470. The fraction of sp³-hybridized carbons (Fsp3) is 0.444. The number of pyridine rings is 1. The van der Waals surface area contributed by atoms with Gasteiger partial charge in [-0.05, 0) is 25.5 Å². The summed E-state index contributed by atoms with van der Waals surface area (Å²) in [5, 5.41) is 0.506. The molecule has 1 rings (SSSR count). The third-order valence-electron chi connectivity index (χ3n) is 1.37. The molecule has 2 nitrogen and oxygen atoms in total. The Morgan fingerprint density at radius 1 is 1.54 bits per heavy atom. The highest BCUT2D eigenvalue weighted by Crippen LogP contribution is 2.23. The number of halogens is 2. The first kappa shape index (κ1) is 10.6. The molecule has 0 aliphatic rings. The summed E-state index contributed by atoms with van der Waals surface area (Å²) in [5.74, 6) is 0.875. The van der Waals surface area contributed by atoms with Crippen LogP contribution in [0.15, 0.2) is 12.3 Å². The summed E-state index contributed by atoms with van der Waals surface area (Å²) in [7, 11) is 0. The molecular weight excluding hydrogens is 209 g/mol. The Bertz CT molecular complexity index is 289. The van der Waals surface area contributed by atoms with Gasteiger partial charge in [0.2, 0.25) is 5.88 Å². The fourth-order valence-corrected chi connectivity index (χ4v) is 1.23. The second kappa shape index (κ2) is 4.68. The van der Waals surface area contributed by atoms with Gasteiger partial charge in [0.15, 0.2) is 0 Å². The molecule has 0 saturated carbocycles. The molecule has 0 bridgehead atoms. The summed E-state index contributed by atoms with van der Waals surface area (Å²) >= 11 is 11.5. The van der Waals surface area contributed by atoms with Crippen LogP contribution in [-0.4, -0.2) is 11.1 Å². The van der Waals surface area contributed by atoms with Gasteiger partial charge in [-0.25, -0.2) is 4.98 Å². The maximum absolute atomic E-state index is 5.91. The maximum atomic E-state index is 5.91. The molecule has 0 aliphatic heterocycles. The molecular formula is C9H11Cl2NO. The van der Waals surface area contributed by atoms with Crippen LogP contribution in [-0.2, 0) is 5.88 Å². The lowest BCUT2D eigenvalue weighted by Gasteiger charge is -2.10. The van der Waals surface area contributed by atoms with E-state index in [2.05, 4.69) is 4.98 Å². The van der Waals surface area contributed by atoms with Crippen molar-refractivity contribution in [3.8, 4) is 5.88 Å². The molecule has 1 heterocycles. The van der Waals surface area contributed by atoms with E-state index in [0.29, 0.717) is 16.8 Å². The van der Waals surface area contributed by atoms with Crippen molar-refractivity contribution in [2.75, 3.05) is 0 Å². The number of hydrogen-bond donors (Lipinski definition) is 0. The molecule has 13 heavy (non-hydrogen) atoms. The Balaban J connectivity index is 2.85. The van der Waals surface area contributed by atoms with Gasteiger partial charge in [0.1, 0.15) is 5.02 Å². The Labute approximate surface area is 87.8 Å². The van der Waals surface area contributed by atoms with E-state index in [4.69, 9.17) is 27.9 Å². The van der Waals surface area contributed by atoms with Gasteiger partial charge in [0.05, 0.1) is 6.10 Å². The number of nitrogens with zero attached hydrogens (tertiary/aromatic N) is 1. The lowest BCUT2D eigenvalue weighted by Crippen LogP contribution is -2.07. The average Bonchev–Trinajstić information content (AvgIpc) is 2.08. The Morgan fingerprint density at radius 3 is 2.69 bits per heavy atom. The minimum absolute atomic E-state index is 0.0758. The zero-order valence-corrected chi connectivity index (χ0v) is 9.06. The third kappa shape index (κ3) is 3.05. The second-order valence-electron chi connectivity index (χ2n) is 2.93. The van der Waals surface area contributed by atoms with E-state index in [1.807, 2.05) is 13.8 Å². The van der Waals surface area contributed by atoms with E-state index in [1.54, 1.807) is 12.3 Å². The lowest BCUT2D eigenvalue weighted by molar-refractivity contribution is 0.233. The second-order valence-corrected chi connectivity index (χ2v) is 3.61. The molecule has 1 aromatic rings. The van der Waals surface area contributed by atoms with Gasteiger partial charge in [-0.2, -0.15) is 0 Å². The monoisotopic (exact) mass is 219 g/mol. The number of aromatic nitrogens is 1. The van der Waals surface area contributed by atoms with Crippen molar-refractivity contribution in [1.82, 2.24) is 4.98 Å². The summed E-state index contributed by atoms with van der Waals surface area (Å²) in [6, 6.07) is 1.76. The molecule has 0 saturated heterocycles. The topological polar surface area (TPSA) is 22.1 Å². The summed E-state index contributed by atoms with van der Waals surface area (Å²) in [5.41, 5.74) is 0.891. The molecule has 0 radical (unpaired) electrons. The highest BCUT2D eigenvalue weighted by molar-refractivity contribution is 6.32. The molecule has 0 fully saturated rings. The first-order valence-corrected chi connectivity index (χ1v) is 4.91. The SMILES string of the molecule is CC(C)Oc1ncc(CCl)cc1Cl. The van der Waals surface area contributed by atoms with Gasteiger partial charge < -0.3 is 4.74 Å². The van der Waals surface area contributed by atoms with Gasteiger partial charge in [0, 0.05) is 12.1 Å². The molecule has 0 unspecified atom stereocenters. The van der Waals surface area contributed by atoms with Crippen LogP contribution in [0.1, 0.15) is 19.4 Å². The molecule has 0 atom stereocenters. The Morgan fingerprint density at radius 2 is 2.23 bits per heavy atom. The molecule has 0 aliphatic carbocycles. The van der Waals surface area contributed by atoms with Crippen LogP contribution in [0.25, 0.3) is 0 Å². The predicted octanol–water partition coefficient (Wildman–Crippen LogP) is 3.26. The van der Waals surface area contributed by atoms with Crippen molar-refractivity contribution in [2.24, 2.45) is 0 Å². The largest absolute Gasteiger partial charge is 0.474 e. The predicted molar refractivity (Wildman–Crippen MR) is 54.6 cm³/mol. The van der Waals surface area contributed by atoms with Crippen LogP contribution in [0.3, 0.4) is 0 Å². The van der Waals surface area contributed by atoms with E-state index in [-0.39, 0.29) is 6.10 Å². The van der Waals surface area contributed by atoms with Crippen molar-refractivity contribution < 1.29 is 4.74 Å². The molecule has 0 amide bonds. The summed E-state index contributed by atoms with van der Waals surface area (Å²) in [4.78, 5) is 4.05. The average molecular weight is 220 g/mol. The van der Waals surface area contributed by atoms with Gasteiger partial charge >= 0.3 is 0 Å². The van der Waals surface area contributed by atoms with Crippen LogP contribution in [0.4, 0.5) is 0 Å². The van der Waals surface area contributed by atoms with Gasteiger partial charge in [-0.3, -0.25) is 0 Å². The maximum Gasteiger partial charge on any atom is 0.232 e. The highest BCUT2D eigenvalue weighted by Gasteiger charge is 2.05. The minimum Gasteiger partial charge on any atom is -0.474 e. The van der Waals surface area contributed by atoms with Crippen molar-refractivity contribution in [3.63, 3.8) is 0 Å². The number of hydrogen-bond acceptors (Lipinski definition) is 2. The van der Waals surface area contributed by atoms with E-state index in [0.717, 1.165) is 5.56 Å². The summed E-state index contributed by atoms with van der Waals surface area (Å²) in [6.45, 7) is 3.85. The van der Waals surface area contributed by atoms with E-state index >= 15 is 0 Å².